The topological polar surface area (TPSA) is 107 Å². The maximum atomic E-state index is 10.3. The summed E-state index contributed by atoms with van der Waals surface area (Å²) in [5, 5.41) is 18.6. The third-order valence-electron chi connectivity index (χ3n) is 1.26. The van der Waals surface area contributed by atoms with Gasteiger partial charge in [0.25, 0.3) is 0 Å². The molecule has 1 aromatic rings. The SMILES string of the molecule is CC(C)=O.O=C(O)Oc1ccccc1[N+](=O)[O-]. The predicted octanol–water partition coefficient (Wildman–Crippen LogP) is 2.25. The summed E-state index contributed by atoms with van der Waals surface area (Å²) in [6, 6.07) is 5.25. The van der Waals surface area contributed by atoms with Crippen LogP contribution in [0, 0.1) is 10.1 Å². The number of ketones is 1. The van der Waals surface area contributed by atoms with Crippen LogP contribution in [0.5, 0.6) is 5.75 Å². The van der Waals surface area contributed by atoms with Crippen molar-refractivity contribution in [2.24, 2.45) is 0 Å². The molecule has 0 radical (unpaired) electrons. The highest BCUT2D eigenvalue weighted by Gasteiger charge is 2.15. The van der Waals surface area contributed by atoms with E-state index < -0.39 is 11.1 Å². The first-order chi connectivity index (χ1) is 7.84. The normalized spacial score (nSPS) is 8.59. The molecule has 0 saturated heterocycles. The summed E-state index contributed by atoms with van der Waals surface area (Å²) >= 11 is 0. The third kappa shape index (κ3) is 6.61. The summed E-state index contributed by atoms with van der Waals surface area (Å²) in [7, 11) is 0. The highest BCUT2D eigenvalue weighted by atomic mass is 16.7. The summed E-state index contributed by atoms with van der Waals surface area (Å²) in [4.78, 5) is 29.2. The van der Waals surface area contributed by atoms with E-state index in [-0.39, 0.29) is 17.2 Å². The molecule has 1 aromatic carbocycles. The third-order valence-corrected chi connectivity index (χ3v) is 1.26. The Balaban J connectivity index is 0.000000557. The van der Waals surface area contributed by atoms with Crippen LogP contribution in [0.2, 0.25) is 0 Å². The van der Waals surface area contributed by atoms with E-state index in [1.165, 1.54) is 32.0 Å². The number of nitrogens with zero attached hydrogens (tertiary/aromatic N) is 1. The lowest BCUT2D eigenvalue weighted by atomic mass is 10.3. The van der Waals surface area contributed by atoms with Crippen LogP contribution in [-0.2, 0) is 4.79 Å². The number of hydrogen-bond acceptors (Lipinski definition) is 5. The van der Waals surface area contributed by atoms with Crippen molar-refractivity contribution < 1.29 is 24.4 Å². The molecule has 0 aromatic heterocycles. The number of Topliss-reactive ketones (excluding diaryl/α,β-unsaturated/α-hetero) is 1. The van der Waals surface area contributed by atoms with Crippen LogP contribution in [-0.4, -0.2) is 22.0 Å². The first-order valence-electron chi connectivity index (χ1n) is 4.46. The molecule has 0 aliphatic carbocycles. The van der Waals surface area contributed by atoms with Crippen LogP contribution in [0.1, 0.15) is 13.8 Å². The van der Waals surface area contributed by atoms with Gasteiger partial charge in [-0.25, -0.2) is 4.79 Å². The Kier molecular flexibility index (Phi) is 5.94. The van der Waals surface area contributed by atoms with Gasteiger partial charge in [0.15, 0.2) is 0 Å². The molecule has 0 amide bonds. The van der Waals surface area contributed by atoms with Crippen molar-refractivity contribution in [3.05, 3.63) is 34.4 Å². The second-order valence-corrected chi connectivity index (χ2v) is 3.00. The van der Waals surface area contributed by atoms with Crippen LogP contribution >= 0.6 is 0 Å². The van der Waals surface area contributed by atoms with Gasteiger partial charge in [0.1, 0.15) is 5.78 Å². The standard InChI is InChI=1S/C7H5NO5.C3H6O/c9-7(10)13-6-4-2-1-3-5(6)8(11)12;1-3(2)4/h1-4H,(H,9,10);1-2H3. The first-order valence-corrected chi connectivity index (χ1v) is 4.46. The van der Waals surface area contributed by atoms with Gasteiger partial charge in [-0.15, -0.1) is 0 Å². The molecule has 0 unspecified atom stereocenters. The second kappa shape index (κ2) is 6.94. The maximum Gasteiger partial charge on any atom is 0.511 e. The minimum absolute atomic E-state index is 0.167. The minimum atomic E-state index is -1.57. The zero-order valence-electron chi connectivity index (χ0n) is 9.25. The lowest BCUT2D eigenvalue weighted by Crippen LogP contribution is -2.04. The fourth-order valence-corrected chi connectivity index (χ4v) is 0.788. The van der Waals surface area contributed by atoms with Crippen LogP contribution in [0.15, 0.2) is 24.3 Å². The van der Waals surface area contributed by atoms with Crippen LogP contribution in [0.4, 0.5) is 10.5 Å². The fraction of sp³-hybridized carbons (Fsp3) is 0.200. The van der Waals surface area contributed by atoms with E-state index >= 15 is 0 Å². The van der Waals surface area contributed by atoms with Crippen LogP contribution < -0.4 is 4.74 Å². The summed E-state index contributed by atoms with van der Waals surface area (Å²) < 4.78 is 4.18. The molecule has 0 atom stereocenters. The Morgan fingerprint density at radius 3 is 2.18 bits per heavy atom. The van der Waals surface area contributed by atoms with Gasteiger partial charge in [0.2, 0.25) is 5.75 Å². The number of carbonyl (C=O) groups is 2. The zero-order chi connectivity index (χ0) is 13.4. The van der Waals surface area contributed by atoms with E-state index in [2.05, 4.69) is 4.74 Å². The average molecular weight is 241 g/mol. The molecule has 1 rings (SSSR count). The highest BCUT2D eigenvalue weighted by molar-refractivity contribution is 5.72. The number of carboxylic acid groups (broad SMARTS) is 1. The van der Waals surface area contributed by atoms with Gasteiger partial charge in [0.05, 0.1) is 4.92 Å². The van der Waals surface area contributed by atoms with E-state index in [1.807, 2.05) is 0 Å². The molecule has 1 N–H and O–H groups in total. The van der Waals surface area contributed by atoms with Crippen molar-refractivity contribution in [3.63, 3.8) is 0 Å². The molecule has 0 fully saturated rings. The number of para-hydroxylation sites is 2. The van der Waals surface area contributed by atoms with E-state index in [4.69, 9.17) is 5.11 Å². The van der Waals surface area contributed by atoms with Gasteiger partial charge in [-0.1, -0.05) is 12.1 Å². The highest BCUT2D eigenvalue weighted by Crippen LogP contribution is 2.25. The summed E-state index contributed by atoms with van der Waals surface area (Å²) in [6.45, 7) is 3.06. The van der Waals surface area contributed by atoms with E-state index in [0.717, 1.165) is 6.07 Å². The van der Waals surface area contributed by atoms with Crippen LogP contribution in [0.3, 0.4) is 0 Å². The van der Waals surface area contributed by atoms with Gasteiger partial charge in [0, 0.05) is 6.07 Å². The average Bonchev–Trinajstić information content (AvgIpc) is 2.16. The Bertz CT molecular complexity index is 425. The van der Waals surface area contributed by atoms with Gasteiger partial charge in [-0.05, 0) is 19.9 Å². The van der Waals surface area contributed by atoms with Gasteiger partial charge < -0.3 is 14.6 Å². The van der Waals surface area contributed by atoms with Crippen molar-refractivity contribution in [2.75, 3.05) is 0 Å². The van der Waals surface area contributed by atoms with Crippen molar-refractivity contribution in [1.82, 2.24) is 0 Å². The van der Waals surface area contributed by atoms with Gasteiger partial charge in [-0.3, -0.25) is 10.1 Å². The van der Waals surface area contributed by atoms with E-state index in [1.54, 1.807) is 0 Å². The molecule has 0 saturated carbocycles. The first kappa shape index (κ1) is 14.6. The minimum Gasteiger partial charge on any atom is -0.449 e. The maximum absolute atomic E-state index is 10.3. The van der Waals surface area contributed by atoms with E-state index in [0.29, 0.717) is 0 Å². The number of carbonyl (C=O) groups excluding carboxylic acids is 1. The fourth-order valence-electron chi connectivity index (χ4n) is 0.788. The second-order valence-electron chi connectivity index (χ2n) is 3.00. The Morgan fingerprint density at radius 2 is 1.76 bits per heavy atom. The predicted molar refractivity (Wildman–Crippen MR) is 58.1 cm³/mol. The number of benzene rings is 1. The lowest BCUT2D eigenvalue weighted by Gasteiger charge is -1.99. The van der Waals surface area contributed by atoms with Crippen LogP contribution in [0.25, 0.3) is 0 Å². The number of ether oxygens (including phenoxy) is 1. The van der Waals surface area contributed by atoms with Gasteiger partial charge in [-0.2, -0.15) is 0 Å². The van der Waals surface area contributed by atoms with Crippen molar-refractivity contribution in [2.45, 2.75) is 13.8 Å². The van der Waals surface area contributed by atoms with Gasteiger partial charge >= 0.3 is 11.8 Å². The number of nitro groups is 1. The lowest BCUT2D eigenvalue weighted by molar-refractivity contribution is -0.385. The smallest absolute Gasteiger partial charge is 0.449 e. The molecule has 7 heteroatoms. The Morgan fingerprint density at radius 1 is 1.29 bits per heavy atom. The molecule has 17 heavy (non-hydrogen) atoms. The quantitative estimate of drug-likeness (QED) is 0.368. The molecular formula is C10H11NO6. The number of nitro benzene ring substituents is 1. The molecule has 0 spiro atoms. The molecule has 0 bridgehead atoms. The summed E-state index contributed by atoms with van der Waals surface area (Å²) in [6.07, 6.45) is -1.57. The number of rotatable bonds is 2. The zero-order valence-corrected chi connectivity index (χ0v) is 9.25. The monoisotopic (exact) mass is 241 g/mol. The molecular weight excluding hydrogens is 230 g/mol. The number of hydrogen-bond donors (Lipinski definition) is 1. The largest absolute Gasteiger partial charge is 0.511 e. The molecule has 0 aliphatic rings. The van der Waals surface area contributed by atoms with Crippen molar-refractivity contribution >= 4 is 17.6 Å². The summed E-state index contributed by atoms with van der Waals surface area (Å²) in [5.41, 5.74) is -0.370. The van der Waals surface area contributed by atoms with E-state index in [9.17, 15) is 19.7 Å². The molecule has 7 nitrogen and oxygen atoms in total. The Hall–Kier alpha value is -2.44. The molecule has 92 valence electrons. The van der Waals surface area contributed by atoms with Crippen molar-refractivity contribution in [1.29, 1.82) is 0 Å². The molecule has 0 heterocycles. The molecule has 0 aliphatic heterocycles. The van der Waals surface area contributed by atoms with Crippen molar-refractivity contribution in [3.8, 4) is 5.75 Å². The summed E-state index contributed by atoms with van der Waals surface area (Å²) in [5.74, 6) is -0.111. The Labute approximate surface area is 96.8 Å².